The summed E-state index contributed by atoms with van der Waals surface area (Å²) in [4.78, 5) is 24.0. The number of aromatic nitrogens is 5. The summed E-state index contributed by atoms with van der Waals surface area (Å²) < 4.78 is 1.95. The number of hydrogen-bond acceptors (Lipinski definition) is 6. The van der Waals surface area contributed by atoms with Crippen molar-refractivity contribution in [2.75, 3.05) is 11.9 Å². The number of benzene rings is 1. The maximum Gasteiger partial charge on any atom is 0.274 e. The number of nitrogens with zero attached hydrogens (tertiary/aromatic N) is 6. The Morgan fingerprint density at radius 2 is 2.13 bits per heavy atom. The minimum Gasteiger partial charge on any atom is -0.360 e. The summed E-state index contributed by atoms with van der Waals surface area (Å²) in [5, 5.41) is 20.9. The van der Waals surface area contributed by atoms with Gasteiger partial charge in [-0.3, -0.25) is 9.69 Å². The molecule has 1 saturated carbocycles. The van der Waals surface area contributed by atoms with Crippen molar-refractivity contribution in [3.63, 3.8) is 0 Å². The van der Waals surface area contributed by atoms with Crippen LogP contribution in [0.1, 0.15) is 72.9 Å². The van der Waals surface area contributed by atoms with E-state index in [4.69, 9.17) is 0 Å². The number of pyridine rings is 1. The van der Waals surface area contributed by atoms with Crippen molar-refractivity contribution in [3.8, 4) is 6.07 Å². The number of hydrogen-bond donors (Lipinski definition) is 2. The number of carbonyl (C=O) groups is 1. The minimum absolute atomic E-state index is 0.230. The topological polar surface area (TPSA) is 116 Å². The van der Waals surface area contributed by atoms with Crippen LogP contribution >= 0.6 is 0 Å². The van der Waals surface area contributed by atoms with Crippen LogP contribution in [0.3, 0.4) is 0 Å². The zero-order valence-corrected chi connectivity index (χ0v) is 22.5. The molecule has 9 heteroatoms. The van der Waals surface area contributed by atoms with Crippen LogP contribution in [0.25, 0.3) is 11.0 Å². The van der Waals surface area contributed by atoms with Crippen molar-refractivity contribution in [1.29, 1.82) is 5.26 Å². The highest BCUT2D eigenvalue weighted by atomic mass is 16.1. The van der Waals surface area contributed by atoms with E-state index in [9.17, 15) is 10.1 Å². The van der Waals surface area contributed by atoms with Crippen LogP contribution in [0.5, 0.6) is 0 Å². The molecular weight excluding hydrogens is 488 g/mol. The first-order chi connectivity index (χ1) is 19.0. The fraction of sp³-hybridized carbons (Fsp3) is 0.433. The summed E-state index contributed by atoms with van der Waals surface area (Å²) in [6, 6.07) is 14.7. The van der Waals surface area contributed by atoms with E-state index in [2.05, 4.69) is 49.4 Å². The van der Waals surface area contributed by atoms with E-state index in [1.165, 1.54) is 19.3 Å². The minimum atomic E-state index is -0.325. The summed E-state index contributed by atoms with van der Waals surface area (Å²) in [5.41, 5.74) is 4.76. The number of nitrogens with one attached hydrogen (secondary N) is 2. The lowest BCUT2D eigenvalue weighted by molar-refractivity contribution is 0.102. The van der Waals surface area contributed by atoms with Crippen LogP contribution in [-0.4, -0.2) is 48.1 Å². The number of fused-ring (bicyclic) bond motifs is 1. The molecule has 0 bridgehead atoms. The van der Waals surface area contributed by atoms with Crippen molar-refractivity contribution >= 4 is 22.6 Å². The average Bonchev–Trinajstić information content (AvgIpc) is 3.57. The maximum atomic E-state index is 13.5. The second-order valence-corrected chi connectivity index (χ2v) is 11.2. The van der Waals surface area contributed by atoms with Crippen molar-refractivity contribution in [1.82, 2.24) is 29.6 Å². The van der Waals surface area contributed by atoms with E-state index in [0.717, 1.165) is 53.9 Å². The lowest BCUT2D eigenvalue weighted by Crippen LogP contribution is -2.44. The second-order valence-electron chi connectivity index (χ2n) is 11.2. The van der Waals surface area contributed by atoms with E-state index >= 15 is 0 Å². The van der Waals surface area contributed by atoms with Gasteiger partial charge in [0.25, 0.3) is 5.91 Å². The number of H-pyrrole nitrogens is 1. The summed E-state index contributed by atoms with van der Waals surface area (Å²) in [7, 11) is 1.95. The number of rotatable bonds is 7. The van der Waals surface area contributed by atoms with Crippen molar-refractivity contribution in [2.45, 2.75) is 63.5 Å². The highest BCUT2D eigenvalue weighted by molar-refractivity contribution is 6.04. The van der Waals surface area contributed by atoms with E-state index in [1.807, 2.05) is 48.1 Å². The fourth-order valence-electron chi connectivity index (χ4n) is 6.52. The van der Waals surface area contributed by atoms with Gasteiger partial charge in [0, 0.05) is 37.9 Å². The summed E-state index contributed by atoms with van der Waals surface area (Å²) >= 11 is 0. The third-order valence-corrected chi connectivity index (χ3v) is 8.61. The molecule has 1 unspecified atom stereocenters. The molecule has 4 heterocycles. The van der Waals surface area contributed by atoms with Gasteiger partial charge < -0.3 is 14.9 Å². The zero-order valence-electron chi connectivity index (χ0n) is 22.5. The first-order valence-electron chi connectivity index (χ1n) is 13.8. The van der Waals surface area contributed by atoms with E-state index < -0.39 is 0 Å². The number of amides is 1. The van der Waals surface area contributed by atoms with Gasteiger partial charge in [-0.2, -0.15) is 5.26 Å². The van der Waals surface area contributed by atoms with Crippen LogP contribution in [0.15, 0.2) is 48.9 Å². The number of aryl methyl sites for hydroxylation is 1. The van der Waals surface area contributed by atoms with Crippen LogP contribution in [-0.2, 0) is 19.0 Å². The lowest BCUT2D eigenvalue weighted by atomic mass is 9.57. The summed E-state index contributed by atoms with van der Waals surface area (Å²) in [6.07, 6.45) is 9.47. The molecule has 4 aromatic rings. The molecule has 200 valence electrons. The number of piperidine rings is 1. The first-order valence-corrected chi connectivity index (χ1v) is 13.8. The Hall–Kier alpha value is -4.03. The molecule has 39 heavy (non-hydrogen) atoms. The highest BCUT2D eigenvalue weighted by Gasteiger charge is 2.49. The molecule has 1 aromatic carbocycles. The molecule has 1 saturated heterocycles. The number of anilines is 1. The van der Waals surface area contributed by atoms with Gasteiger partial charge >= 0.3 is 0 Å². The van der Waals surface area contributed by atoms with Crippen molar-refractivity contribution in [2.24, 2.45) is 13.0 Å². The number of likely N-dealkylation sites (tertiary alicyclic amines) is 1. The Morgan fingerprint density at radius 3 is 2.90 bits per heavy atom. The SMILES string of the molecule is CC1CCCCN1Cc1cc(C(=O)Nc2cccc(C3(c4nncn4C)CC(CC#N)C3)c2)nc2cc[nH]c12. The van der Waals surface area contributed by atoms with Gasteiger partial charge in [0.05, 0.1) is 22.5 Å². The van der Waals surface area contributed by atoms with Gasteiger partial charge in [-0.05, 0) is 80.5 Å². The van der Waals surface area contributed by atoms with Crippen LogP contribution < -0.4 is 5.32 Å². The Balaban J connectivity index is 1.27. The van der Waals surface area contributed by atoms with Gasteiger partial charge in [0.1, 0.15) is 17.8 Å². The van der Waals surface area contributed by atoms with Crippen molar-refractivity contribution in [3.05, 3.63) is 71.6 Å². The monoisotopic (exact) mass is 522 g/mol. The lowest BCUT2D eigenvalue weighted by Gasteiger charge is -2.46. The largest absolute Gasteiger partial charge is 0.360 e. The van der Waals surface area contributed by atoms with Crippen LogP contribution in [0.2, 0.25) is 0 Å². The Morgan fingerprint density at radius 1 is 1.26 bits per heavy atom. The van der Waals surface area contributed by atoms with Gasteiger partial charge in [-0.1, -0.05) is 18.6 Å². The third kappa shape index (κ3) is 4.70. The maximum absolute atomic E-state index is 13.5. The van der Waals surface area contributed by atoms with Gasteiger partial charge in [-0.25, -0.2) is 4.98 Å². The summed E-state index contributed by atoms with van der Waals surface area (Å²) in [5.74, 6) is 0.978. The van der Waals surface area contributed by atoms with E-state index in [0.29, 0.717) is 29.8 Å². The Kier molecular flexibility index (Phi) is 6.65. The molecule has 3 aromatic heterocycles. The number of nitriles is 1. The molecule has 2 fully saturated rings. The molecule has 0 spiro atoms. The van der Waals surface area contributed by atoms with E-state index in [1.54, 1.807) is 6.33 Å². The van der Waals surface area contributed by atoms with E-state index in [-0.39, 0.29) is 11.3 Å². The number of aromatic amines is 1. The molecular formula is C30H34N8O. The zero-order chi connectivity index (χ0) is 27.0. The van der Waals surface area contributed by atoms with Crippen LogP contribution in [0, 0.1) is 17.2 Å². The molecule has 1 amide bonds. The smallest absolute Gasteiger partial charge is 0.274 e. The quantitative estimate of drug-likeness (QED) is 0.356. The molecule has 6 rings (SSSR count). The molecule has 1 aliphatic carbocycles. The Labute approximate surface area is 228 Å². The second kappa shape index (κ2) is 10.3. The van der Waals surface area contributed by atoms with Gasteiger partial charge in [0.2, 0.25) is 0 Å². The molecule has 9 nitrogen and oxygen atoms in total. The molecule has 1 atom stereocenters. The van der Waals surface area contributed by atoms with Gasteiger partial charge in [-0.15, -0.1) is 10.2 Å². The van der Waals surface area contributed by atoms with Crippen molar-refractivity contribution < 1.29 is 4.79 Å². The first kappa shape index (κ1) is 25.3. The van der Waals surface area contributed by atoms with Crippen LogP contribution in [0.4, 0.5) is 5.69 Å². The Bertz CT molecular complexity index is 1540. The normalized spacial score (nSPS) is 23.3. The highest BCUT2D eigenvalue weighted by Crippen LogP contribution is 2.53. The predicted octanol–water partition coefficient (Wildman–Crippen LogP) is 4.93. The molecule has 2 aliphatic rings. The summed E-state index contributed by atoms with van der Waals surface area (Å²) in [6.45, 7) is 4.15. The fourth-order valence-corrected chi connectivity index (χ4v) is 6.52. The molecule has 0 radical (unpaired) electrons. The molecule has 2 N–H and O–H groups in total. The van der Waals surface area contributed by atoms with Gasteiger partial charge in [0.15, 0.2) is 0 Å². The predicted molar refractivity (Wildman–Crippen MR) is 149 cm³/mol. The third-order valence-electron chi connectivity index (χ3n) is 8.61. The molecule has 1 aliphatic heterocycles. The average molecular weight is 523 g/mol. The standard InChI is InChI=1S/C30H34N8O/c1-20-6-3-4-13-38(20)18-22-14-26(35-25-10-12-32-27(22)25)28(39)34-24-8-5-7-23(15-24)30(16-21(17-30)9-11-31)29-36-33-19-37(29)2/h5,7-8,10,12,14-15,19-21,32H,3-4,6,9,13,16-18H2,1-2H3,(H,34,39). The number of carbonyl (C=O) groups excluding carboxylic acids is 1.